The van der Waals surface area contributed by atoms with Crippen molar-refractivity contribution < 1.29 is 4.79 Å². The summed E-state index contributed by atoms with van der Waals surface area (Å²) in [6.07, 6.45) is 4.66. The van der Waals surface area contributed by atoms with Gasteiger partial charge in [0.05, 0.1) is 5.54 Å². The van der Waals surface area contributed by atoms with Crippen molar-refractivity contribution in [3.63, 3.8) is 0 Å². The molecule has 1 saturated heterocycles. The van der Waals surface area contributed by atoms with Gasteiger partial charge in [-0.25, -0.2) is 0 Å². The summed E-state index contributed by atoms with van der Waals surface area (Å²) in [5, 5.41) is 3.09. The van der Waals surface area contributed by atoms with Gasteiger partial charge in [-0.05, 0) is 46.6 Å². The molecule has 88 valence electrons. The minimum atomic E-state index is -0.426. The minimum Gasteiger partial charge on any atom is -0.338 e. The fourth-order valence-corrected chi connectivity index (χ4v) is 2.16. The molecule has 3 nitrogen and oxygen atoms in total. The van der Waals surface area contributed by atoms with Crippen molar-refractivity contribution >= 4 is 5.91 Å². The van der Waals surface area contributed by atoms with Crippen molar-refractivity contribution in [2.24, 2.45) is 0 Å². The van der Waals surface area contributed by atoms with Crippen LogP contribution in [0.2, 0.25) is 0 Å². The highest BCUT2D eigenvalue weighted by Crippen LogP contribution is 2.22. The van der Waals surface area contributed by atoms with Crippen molar-refractivity contribution in [1.29, 1.82) is 0 Å². The number of amides is 1. The first-order valence-electron chi connectivity index (χ1n) is 6.03. The Morgan fingerprint density at radius 1 is 1.47 bits per heavy atom. The predicted molar refractivity (Wildman–Crippen MR) is 62.8 cm³/mol. The second kappa shape index (κ2) is 4.97. The zero-order valence-electron chi connectivity index (χ0n) is 10.5. The van der Waals surface area contributed by atoms with Crippen LogP contribution in [0.1, 0.15) is 46.5 Å². The highest BCUT2D eigenvalue weighted by molar-refractivity contribution is 5.85. The maximum Gasteiger partial charge on any atom is 0.242 e. The molecule has 0 aromatic carbocycles. The lowest BCUT2D eigenvalue weighted by Crippen LogP contribution is -2.56. The molecule has 0 aliphatic carbocycles. The molecule has 1 heterocycles. The molecule has 1 unspecified atom stereocenters. The summed E-state index contributed by atoms with van der Waals surface area (Å²) in [7, 11) is 1.85. The fraction of sp³-hybridized carbons (Fsp3) is 0.917. The monoisotopic (exact) mass is 212 g/mol. The summed E-state index contributed by atoms with van der Waals surface area (Å²) in [5.74, 6) is 0.247. The van der Waals surface area contributed by atoms with Crippen LogP contribution in [0.25, 0.3) is 0 Å². The van der Waals surface area contributed by atoms with Crippen LogP contribution in [0.4, 0.5) is 0 Å². The van der Waals surface area contributed by atoms with Crippen LogP contribution in [-0.4, -0.2) is 36.0 Å². The van der Waals surface area contributed by atoms with Crippen LogP contribution in [-0.2, 0) is 4.79 Å². The number of rotatable bonds is 3. The standard InChI is InChI=1S/C12H24N2O/c1-5-10-8-6-7-9-14(10)11(15)12(2,3)13-4/h10,13H,5-9H2,1-4H3. The van der Waals surface area contributed by atoms with Crippen molar-refractivity contribution in [2.75, 3.05) is 13.6 Å². The average molecular weight is 212 g/mol. The van der Waals surface area contributed by atoms with E-state index in [9.17, 15) is 4.79 Å². The van der Waals surface area contributed by atoms with Gasteiger partial charge in [0.1, 0.15) is 0 Å². The third-order valence-electron chi connectivity index (χ3n) is 3.52. The first-order chi connectivity index (χ1) is 7.03. The van der Waals surface area contributed by atoms with E-state index in [-0.39, 0.29) is 5.91 Å². The van der Waals surface area contributed by atoms with Crippen LogP contribution in [0, 0.1) is 0 Å². The van der Waals surface area contributed by atoms with Gasteiger partial charge in [-0.2, -0.15) is 0 Å². The lowest BCUT2D eigenvalue weighted by molar-refractivity contribution is -0.140. The Balaban J connectivity index is 2.72. The normalized spacial score (nSPS) is 22.9. The van der Waals surface area contributed by atoms with E-state index < -0.39 is 5.54 Å². The molecule has 0 spiro atoms. The maximum absolute atomic E-state index is 12.3. The minimum absolute atomic E-state index is 0.247. The third kappa shape index (κ3) is 2.71. The molecule has 1 atom stereocenters. The van der Waals surface area contributed by atoms with Gasteiger partial charge >= 0.3 is 0 Å². The molecule has 1 aliphatic heterocycles. The number of nitrogens with zero attached hydrogens (tertiary/aromatic N) is 1. The molecule has 1 aliphatic rings. The Labute approximate surface area is 93.2 Å². The summed E-state index contributed by atoms with van der Waals surface area (Å²) in [5.41, 5.74) is -0.426. The number of nitrogens with one attached hydrogen (secondary N) is 1. The Morgan fingerprint density at radius 3 is 2.67 bits per heavy atom. The molecule has 3 heteroatoms. The highest BCUT2D eigenvalue weighted by atomic mass is 16.2. The molecular formula is C12H24N2O. The van der Waals surface area contributed by atoms with E-state index >= 15 is 0 Å². The molecule has 1 amide bonds. The molecular weight excluding hydrogens is 188 g/mol. The smallest absolute Gasteiger partial charge is 0.242 e. The van der Waals surface area contributed by atoms with Crippen molar-refractivity contribution in [2.45, 2.75) is 58.0 Å². The number of likely N-dealkylation sites (N-methyl/N-ethyl adjacent to an activating group) is 1. The first kappa shape index (κ1) is 12.5. The Bertz CT molecular complexity index is 226. The largest absolute Gasteiger partial charge is 0.338 e. The molecule has 1 N–H and O–H groups in total. The van der Waals surface area contributed by atoms with Crippen LogP contribution in [0.3, 0.4) is 0 Å². The number of carbonyl (C=O) groups is 1. The summed E-state index contributed by atoms with van der Waals surface area (Å²) in [6.45, 7) is 7.01. The predicted octanol–water partition coefficient (Wildman–Crippen LogP) is 1.78. The fourth-order valence-electron chi connectivity index (χ4n) is 2.16. The lowest BCUT2D eigenvalue weighted by atomic mass is 9.95. The van der Waals surface area contributed by atoms with Gasteiger partial charge in [-0.3, -0.25) is 4.79 Å². The van der Waals surface area contributed by atoms with Gasteiger partial charge in [0, 0.05) is 12.6 Å². The summed E-state index contributed by atoms with van der Waals surface area (Å²) < 4.78 is 0. The number of carbonyl (C=O) groups excluding carboxylic acids is 1. The van der Waals surface area contributed by atoms with Crippen molar-refractivity contribution in [3.05, 3.63) is 0 Å². The quantitative estimate of drug-likeness (QED) is 0.773. The van der Waals surface area contributed by atoms with Crippen LogP contribution in [0.15, 0.2) is 0 Å². The number of hydrogen-bond donors (Lipinski definition) is 1. The Hall–Kier alpha value is -0.570. The van der Waals surface area contributed by atoms with Gasteiger partial charge < -0.3 is 10.2 Å². The first-order valence-corrected chi connectivity index (χ1v) is 6.03. The molecule has 0 radical (unpaired) electrons. The molecule has 0 bridgehead atoms. The van der Waals surface area contributed by atoms with E-state index in [2.05, 4.69) is 17.1 Å². The van der Waals surface area contributed by atoms with E-state index in [0.717, 1.165) is 19.4 Å². The van der Waals surface area contributed by atoms with Crippen LogP contribution in [0.5, 0.6) is 0 Å². The van der Waals surface area contributed by atoms with E-state index in [1.54, 1.807) is 0 Å². The van der Waals surface area contributed by atoms with E-state index in [1.165, 1.54) is 12.8 Å². The van der Waals surface area contributed by atoms with E-state index in [1.807, 2.05) is 20.9 Å². The molecule has 1 fully saturated rings. The Morgan fingerprint density at radius 2 is 2.13 bits per heavy atom. The van der Waals surface area contributed by atoms with Crippen LogP contribution >= 0.6 is 0 Å². The number of likely N-dealkylation sites (tertiary alicyclic amines) is 1. The summed E-state index contributed by atoms with van der Waals surface area (Å²) >= 11 is 0. The second-order valence-corrected chi connectivity index (χ2v) is 4.93. The lowest BCUT2D eigenvalue weighted by Gasteiger charge is -2.40. The van der Waals surface area contributed by atoms with Gasteiger partial charge in [0.2, 0.25) is 5.91 Å². The summed E-state index contributed by atoms with van der Waals surface area (Å²) in [6, 6.07) is 0.457. The number of piperidine rings is 1. The Kier molecular flexibility index (Phi) is 4.14. The molecule has 0 aromatic heterocycles. The third-order valence-corrected chi connectivity index (χ3v) is 3.52. The van der Waals surface area contributed by atoms with Crippen molar-refractivity contribution in [1.82, 2.24) is 10.2 Å². The zero-order valence-corrected chi connectivity index (χ0v) is 10.5. The highest BCUT2D eigenvalue weighted by Gasteiger charge is 2.34. The van der Waals surface area contributed by atoms with Gasteiger partial charge in [0.15, 0.2) is 0 Å². The van der Waals surface area contributed by atoms with Gasteiger partial charge in [0.25, 0.3) is 0 Å². The van der Waals surface area contributed by atoms with Crippen LogP contribution < -0.4 is 5.32 Å². The topological polar surface area (TPSA) is 32.3 Å². The van der Waals surface area contributed by atoms with Crippen molar-refractivity contribution in [3.8, 4) is 0 Å². The van der Waals surface area contributed by atoms with E-state index in [0.29, 0.717) is 6.04 Å². The molecule has 15 heavy (non-hydrogen) atoms. The molecule has 0 saturated carbocycles. The molecule has 1 rings (SSSR count). The van der Waals surface area contributed by atoms with E-state index in [4.69, 9.17) is 0 Å². The summed E-state index contributed by atoms with van der Waals surface area (Å²) in [4.78, 5) is 14.4. The zero-order chi connectivity index (χ0) is 11.5. The second-order valence-electron chi connectivity index (χ2n) is 4.93. The number of hydrogen-bond acceptors (Lipinski definition) is 2. The SMILES string of the molecule is CCC1CCCCN1C(=O)C(C)(C)NC. The van der Waals surface area contributed by atoms with Gasteiger partial charge in [-0.15, -0.1) is 0 Å². The molecule has 0 aromatic rings. The average Bonchev–Trinajstić information content (AvgIpc) is 2.28. The maximum atomic E-state index is 12.3. The van der Waals surface area contributed by atoms with Gasteiger partial charge in [-0.1, -0.05) is 6.92 Å².